The van der Waals surface area contributed by atoms with E-state index in [9.17, 15) is 14.7 Å². The van der Waals surface area contributed by atoms with Crippen LogP contribution in [-0.2, 0) is 6.54 Å². The van der Waals surface area contributed by atoms with E-state index in [1.807, 2.05) is 0 Å². The molecule has 0 saturated heterocycles. The number of ether oxygens (including phenoxy) is 3. The molecular formula is C25H29N3O6. The van der Waals surface area contributed by atoms with E-state index < -0.39 is 11.5 Å². The largest absolute Gasteiger partial charge is 0.506 e. The summed E-state index contributed by atoms with van der Waals surface area (Å²) in [6, 6.07) is 10.2. The summed E-state index contributed by atoms with van der Waals surface area (Å²) < 4.78 is 17.4. The second kappa shape index (κ2) is 11.2. The van der Waals surface area contributed by atoms with E-state index in [2.05, 4.69) is 17.5 Å². The second-order valence-electron chi connectivity index (χ2n) is 7.55. The standard InChI is InChI=1S/C25H29N3O6/c1-5-6-9-12-28-18-11-8-7-10-17(18)23(29)22(25(28)31)24(30)27-26-15-16-13-20(33-3)21(34-4)14-19(16)32-2/h7-8,10-11,13-15,29H,5-6,9,12H2,1-4H3,(H,27,30). The van der Waals surface area contributed by atoms with Gasteiger partial charge in [0.2, 0.25) is 0 Å². The lowest BCUT2D eigenvalue weighted by atomic mass is 10.1. The van der Waals surface area contributed by atoms with Gasteiger partial charge in [-0.05, 0) is 24.6 Å². The Kier molecular flexibility index (Phi) is 8.13. The van der Waals surface area contributed by atoms with E-state index in [1.165, 1.54) is 32.1 Å². The van der Waals surface area contributed by atoms with Crippen molar-refractivity contribution in [3.63, 3.8) is 0 Å². The van der Waals surface area contributed by atoms with Crippen molar-refractivity contribution in [3.8, 4) is 23.0 Å². The van der Waals surface area contributed by atoms with E-state index in [1.54, 1.807) is 36.4 Å². The number of aromatic nitrogens is 1. The molecule has 9 nitrogen and oxygen atoms in total. The van der Waals surface area contributed by atoms with Crippen LogP contribution in [0.3, 0.4) is 0 Å². The number of benzene rings is 2. The van der Waals surface area contributed by atoms with Crippen molar-refractivity contribution in [3.05, 3.63) is 57.9 Å². The lowest BCUT2D eigenvalue weighted by molar-refractivity contribution is 0.0950. The second-order valence-corrected chi connectivity index (χ2v) is 7.55. The van der Waals surface area contributed by atoms with E-state index in [-0.39, 0.29) is 11.3 Å². The van der Waals surface area contributed by atoms with Crippen LogP contribution in [0.4, 0.5) is 0 Å². The number of amides is 1. The van der Waals surface area contributed by atoms with Gasteiger partial charge in [0.1, 0.15) is 17.1 Å². The van der Waals surface area contributed by atoms with Crippen LogP contribution in [0.15, 0.2) is 46.3 Å². The molecule has 0 radical (unpaired) electrons. The number of unbranched alkanes of at least 4 members (excludes halogenated alkanes) is 2. The van der Waals surface area contributed by atoms with Gasteiger partial charge in [-0.2, -0.15) is 5.10 Å². The zero-order valence-electron chi connectivity index (χ0n) is 19.8. The molecular weight excluding hydrogens is 438 g/mol. The molecule has 0 bridgehead atoms. The molecule has 3 aromatic rings. The Hall–Kier alpha value is -4.01. The van der Waals surface area contributed by atoms with Crippen molar-refractivity contribution < 1.29 is 24.1 Å². The molecule has 0 aliphatic rings. The van der Waals surface area contributed by atoms with Gasteiger partial charge in [-0.3, -0.25) is 9.59 Å². The van der Waals surface area contributed by atoms with Gasteiger partial charge in [0.25, 0.3) is 11.5 Å². The quantitative estimate of drug-likeness (QED) is 0.267. The predicted octanol–water partition coefficient (Wildman–Crippen LogP) is 3.69. The fourth-order valence-electron chi connectivity index (χ4n) is 3.71. The summed E-state index contributed by atoms with van der Waals surface area (Å²) in [5.74, 6) is 0.197. The number of pyridine rings is 1. The van der Waals surface area contributed by atoms with Gasteiger partial charge < -0.3 is 23.9 Å². The summed E-state index contributed by atoms with van der Waals surface area (Å²) in [6.45, 7) is 2.52. The predicted molar refractivity (Wildman–Crippen MR) is 131 cm³/mol. The molecule has 2 aromatic carbocycles. The number of carbonyl (C=O) groups is 1. The molecule has 180 valence electrons. The molecule has 0 aliphatic heterocycles. The van der Waals surface area contributed by atoms with Gasteiger partial charge in [0, 0.05) is 23.6 Å². The first kappa shape index (κ1) is 24.6. The maximum Gasteiger partial charge on any atom is 0.280 e. The molecule has 9 heteroatoms. The third-order valence-electron chi connectivity index (χ3n) is 5.46. The molecule has 0 atom stereocenters. The Bertz CT molecular complexity index is 1270. The number of hydrogen-bond acceptors (Lipinski definition) is 7. The molecule has 1 heterocycles. The highest BCUT2D eigenvalue weighted by atomic mass is 16.5. The van der Waals surface area contributed by atoms with Crippen LogP contribution in [-0.4, -0.2) is 43.1 Å². The molecule has 2 N–H and O–H groups in total. The number of carbonyl (C=O) groups excluding carboxylic acids is 1. The Labute approximate surface area is 197 Å². The number of nitrogens with zero attached hydrogens (tertiary/aromatic N) is 2. The number of methoxy groups -OCH3 is 3. The summed E-state index contributed by atoms with van der Waals surface area (Å²) in [4.78, 5) is 26.1. The third-order valence-corrected chi connectivity index (χ3v) is 5.46. The summed E-state index contributed by atoms with van der Waals surface area (Å²) in [5.41, 5.74) is 2.51. The maximum absolute atomic E-state index is 13.2. The first-order chi connectivity index (χ1) is 16.5. The number of nitrogens with one attached hydrogen (secondary N) is 1. The highest BCUT2D eigenvalue weighted by molar-refractivity contribution is 6.02. The molecule has 0 fully saturated rings. The Morgan fingerprint density at radius 2 is 1.74 bits per heavy atom. The molecule has 1 aromatic heterocycles. The van der Waals surface area contributed by atoms with Crippen LogP contribution in [0.25, 0.3) is 10.9 Å². The molecule has 1 amide bonds. The molecule has 0 unspecified atom stereocenters. The SMILES string of the molecule is CCCCCn1c(=O)c(C(=O)NN=Cc2cc(OC)c(OC)cc2OC)c(O)c2ccccc21. The third kappa shape index (κ3) is 4.98. The molecule has 3 rings (SSSR count). The Morgan fingerprint density at radius 1 is 1.06 bits per heavy atom. The van der Waals surface area contributed by atoms with Crippen LogP contribution in [0, 0.1) is 0 Å². The van der Waals surface area contributed by atoms with Crippen molar-refractivity contribution in [2.45, 2.75) is 32.7 Å². The maximum atomic E-state index is 13.2. The van der Waals surface area contributed by atoms with Crippen LogP contribution in [0.5, 0.6) is 23.0 Å². The van der Waals surface area contributed by atoms with Gasteiger partial charge >= 0.3 is 0 Å². The first-order valence-electron chi connectivity index (χ1n) is 10.9. The summed E-state index contributed by atoms with van der Waals surface area (Å²) in [5, 5.41) is 15.1. The summed E-state index contributed by atoms with van der Waals surface area (Å²) in [6.07, 6.45) is 4.08. The first-order valence-corrected chi connectivity index (χ1v) is 10.9. The van der Waals surface area contributed by atoms with Gasteiger partial charge in [-0.25, -0.2) is 5.43 Å². The van der Waals surface area contributed by atoms with E-state index in [0.29, 0.717) is 40.3 Å². The minimum Gasteiger partial charge on any atom is -0.506 e. The van der Waals surface area contributed by atoms with Gasteiger partial charge in [-0.15, -0.1) is 0 Å². The topological polar surface area (TPSA) is 111 Å². The van der Waals surface area contributed by atoms with Crippen molar-refractivity contribution in [1.82, 2.24) is 9.99 Å². The highest BCUT2D eigenvalue weighted by Gasteiger charge is 2.22. The normalized spacial score (nSPS) is 11.1. The number of aryl methyl sites for hydroxylation is 1. The average molecular weight is 468 g/mol. The average Bonchev–Trinajstić information content (AvgIpc) is 2.85. The zero-order chi connectivity index (χ0) is 24.7. The van der Waals surface area contributed by atoms with Crippen molar-refractivity contribution in [2.24, 2.45) is 5.10 Å². The molecule has 0 saturated carbocycles. The van der Waals surface area contributed by atoms with E-state index in [4.69, 9.17) is 14.2 Å². The van der Waals surface area contributed by atoms with E-state index >= 15 is 0 Å². The van der Waals surface area contributed by atoms with Crippen molar-refractivity contribution in [2.75, 3.05) is 21.3 Å². The number of hydrazone groups is 1. The molecule has 0 spiro atoms. The minimum atomic E-state index is -0.812. The van der Waals surface area contributed by atoms with Gasteiger partial charge in [0.05, 0.1) is 33.1 Å². The molecule has 0 aliphatic carbocycles. The monoisotopic (exact) mass is 467 g/mol. The number of hydrogen-bond donors (Lipinski definition) is 2. The number of rotatable bonds is 10. The van der Waals surface area contributed by atoms with Crippen LogP contribution >= 0.6 is 0 Å². The van der Waals surface area contributed by atoms with Gasteiger partial charge in [-0.1, -0.05) is 31.9 Å². The number of fused-ring (bicyclic) bond motifs is 1. The number of para-hydroxylation sites is 1. The highest BCUT2D eigenvalue weighted by Crippen LogP contribution is 2.33. The minimum absolute atomic E-state index is 0.355. The van der Waals surface area contributed by atoms with Crippen LogP contribution in [0.1, 0.15) is 42.1 Å². The molecule has 34 heavy (non-hydrogen) atoms. The zero-order valence-corrected chi connectivity index (χ0v) is 19.8. The summed E-state index contributed by atoms with van der Waals surface area (Å²) in [7, 11) is 4.50. The fourth-order valence-corrected chi connectivity index (χ4v) is 3.71. The van der Waals surface area contributed by atoms with Crippen molar-refractivity contribution >= 4 is 23.0 Å². The van der Waals surface area contributed by atoms with Crippen LogP contribution < -0.4 is 25.2 Å². The van der Waals surface area contributed by atoms with E-state index in [0.717, 1.165) is 19.3 Å². The van der Waals surface area contributed by atoms with Crippen molar-refractivity contribution in [1.29, 1.82) is 0 Å². The lowest BCUT2D eigenvalue weighted by Gasteiger charge is -2.14. The van der Waals surface area contributed by atoms with Crippen LogP contribution in [0.2, 0.25) is 0 Å². The summed E-state index contributed by atoms with van der Waals surface area (Å²) >= 11 is 0. The smallest absolute Gasteiger partial charge is 0.280 e. The fraction of sp³-hybridized carbons (Fsp3) is 0.320. The Morgan fingerprint density at radius 3 is 2.41 bits per heavy atom. The lowest BCUT2D eigenvalue weighted by Crippen LogP contribution is -2.31. The van der Waals surface area contributed by atoms with Gasteiger partial charge in [0.15, 0.2) is 11.5 Å². The number of aromatic hydroxyl groups is 1. The Balaban J connectivity index is 1.95.